The van der Waals surface area contributed by atoms with Crippen LogP contribution in [0.3, 0.4) is 0 Å². The summed E-state index contributed by atoms with van der Waals surface area (Å²) in [6.07, 6.45) is 2.29. The predicted molar refractivity (Wildman–Crippen MR) is 75.9 cm³/mol. The zero-order valence-electron chi connectivity index (χ0n) is 10.8. The minimum Gasteiger partial charge on any atom is -0.355 e. The van der Waals surface area contributed by atoms with Crippen molar-refractivity contribution >= 4 is 16.7 Å². The third kappa shape index (κ3) is 2.06. The van der Waals surface area contributed by atoms with Crippen LogP contribution >= 0.6 is 0 Å². The summed E-state index contributed by atoms with van der Waals surface area (Å²) < 4.78 is 0. The third-order valence-corrected chi connectivity index (χ3v) is 3.65. The average Bonchev–Trinajstić information content (AvgIpc) is 2.38. The number of fused-ring (bicyclic) bond motifs is 1. The highest BCUT2D eigenvalue weighted by molar-refractivity contribution is 5.81. The molecule has 1 aromatic heterocycles. The number of piperidine rings is 1. The Bertz CT molecular complexity index is 565. The second-order valence-electron chi connectivity index (χ2n) is 5.17. The van der Waals surface area contributed by atoms with Crippen LogP contribution in [0.15, 0.2) is 30.3 Å². The standard InChI is InChI=1S/C15H19N3/c1-11-9-12-5-2-3-7-14(12)17-15(11)18-8-4-6-13(16)10-18/h2-3,5,7,9,13H,4,6,8,10,16H2,1H3/t13-/m1/s1. The summed E-state index contributed by atoms with van der Waals surface area (Å²) in [4.78, 5) is 7.13. The molecule has 0 unspecified atom stereocenters. The van der Waals surface area contributed by atoms with Gasteiger partial charge in [-0.05, 0) is 37.5 Å². The lowest BCUT2D eigenvalue weighted by Crippen LogP contribution is -2.43. The Morgan fingerprint density at radius 2 is 2.17 bits per heavy atom. The average molecular weight is 241 g/mol. The van der Waals surface area contributed by atoms with Crippen LogP contribution in [0, 0.1) is 6.92 Å². The second kappa shape index (κ2) is 4.58. The fourth-order valence-electron chi connectivity index (χ4n) is 2.73. The molecule has 0 aliphatic carbocycles. The summed E-state index contributed by atoms with van der Waals surface area (Å²) in [5, 5.41) is 1.21. The molecule has 1 aromatic carbocycles. The molecule has 0 saturated carbocycles. The Balaban J connectivity index is 2.02. The largest absolute Gasteiger partial charge is 0.355 e. The second-order valence-corrected chi connectivity index (χ2v) is 5.17. The molecule has 18 heavy (non-hydrogen) atoms. The maximum atomic E-state index is 6.06. The SMILES string of the molecule is Cc1cc2ccccc2nc1N1CCC[C@@H](N)C1. The van der Waals surface area contributed by atoms with Crippen LogP contribution in [-0.4, -0.2) is 24.1 Å². The van der Waals surface area contributed by atoms with Gasteiger partial charge < -0.3 is 10.6 Å². The van der Waals surface area contributed by atoms with Gasteiger partial charge in [-0.3, -0.25) is 0 Å². The maximum absolute atomic E-state index is 6.06. The lowest BCUT2D eigenvalue weighted by Gasteiger charge is -2.32. The van der Waals surface area contributed by atoms with Crippen molar-refractivity contribution in [2.75, 3.05) is 18.0 Å². The molecule has 3 nitrogen and oxygen atoms in total. The first kappa shape index (κ1) is 11.5. The quantitative estimate of drug-likeness (QED) is 0.834. The van der Waals surface area contributed by atoms with E-state index in [4.69, 9.17) is 10.7 Å². The van der Waals surface area contributed by atoms with Crippen molar-refractivity contribution in [2.24, 2.45) is 5.73 Å². The molecule has 0 spiro atoms. The number of benzene rings is 1. The first-order valence-electron chi connectivity index (χ1n) is 6.61. The van der Waals surface area contributed by atoms with Crippen molar-refractivity contribution in [1.29, 1.82) is 0 Å². The topological polar surface area (TPSA) is 42.2 Å². The summed E-state index contributed by atoms with van der Waals surface area (Å²) in [6, 6.07) is 10.8. The van der Waals surface area contributed by atoms with E-state index in [0.717, 1.165) is 37.3 Å². The molecule has 0 amide bonds. The van der Waals surface area contributed by atoms with Crippen LogP contribution in [-0.2, 0) is 0 Å². The van der Waals surface area contributed by atoms with E-state index in [-0.39, 0.29) is 6.04 Å². The number of aromatic nitrogens is 1. The van der Waals surface area contributed by atoms with Crippen LogP contribution in [0.2, 0.25) is 0 Å². The van der Waals surface area contributed by atoms with Gasteiger partial charge in [0.2, 0.25) is 0 Å². The van der Waals surface area contributed by atoms with E-state index in [1.54, 1.807) is 0 Å². The van der Waals surface area contributed by atoms with Gasteiger partial charge in [0.05, 0.1) is 5.52 Å². The van der Waals surface area contributed by atoms with Crippen molar-refractivity contribution in [3.8, 4) is 0 Å². The van der Waals surface area contributed by atoms with Crippen LogP contribution in [0.4, 0.5) is 5.82 Å². The Kier molecular flexibility index (Phi) is 2.92. The molecule has 2 heterocycles. The third-order valence-electron chi connectivity index (χ3n) is 3.65. The van der Waals surface area contributed by atoms with Gasteiger partial charge in [-0.1, -0.05) is 18.2 Å². The Labute approximate surface area is 108 Å². The van der Waals surface area contributed by atoms with Gasteiger partial charge in [-0.2, -0.15) is 0 Å². The highest BCUT2D eigenvalue weighted by Crippen LogP contribution is 2.25. The normalized spacial score (nSPS) is 20.3. The van der Waals surface area contributed by atoms with Gasteiger partial charge in [0.25, 0.3) is 0 Å². The van der Waals surface area contributed by atoms with Crippen LogP contribution in [0.1, 0.15) is 18.4 Å². The Hall–Kier alpha value is -1.61. The van der Waals surface area contributed by atoms with Crippen molar-refractivity contribution in [3.63, 3.8) is 0 Å². The predicted octanol–water partition coefficient (Wildman–Crippen LogP) is 2.47. The van der Waals surface area contributed by atoms with E-state index in [1.165, 1.54) is 10.9 Å². The van der Waals surface area contributed by atoms with E-state index in [0.29, 0.717) is 0 Å². The summed E-state index contributed by atoms with van der Waals surface area (Å²) >= 11 is 0. The molecule has 3 heteroatoms. The molecular formula is C15H19N3. The van der Waals surface area contributed by atoms with Crippen molar-refractivity contribution < 1.29 is 0 Å². The smallest absolute Gasteiger partial charge is 0.132 e. The fraction of sp³-hybridized carbons (Fsp3) is 0.400. The molecule has 1 aliphatic heterocycles. The van der Waals surface area contributed by atoms with Crippen molar-refractivity contribution in [3.05, 3.63) is 35.9 Å². The number of nitrogens with zero attached hydrogens (tertiary/aromatic N) is 2. The highest BCUT2D eigenvalue weighted by atomic mass is 15.2. The number of rotatable bonds is 1. The molecule has 0 radical (unpaired) electrons. The molecule has 1 fully saturated rings. The molecule has 94 valence electrons. The number of hydrogen-bond donors (Lipinski definition) is 1. The lowest BCUT2D eigenvalue weighted by molar-refractivity contribution is 0.503. The van der Waals surface area contributed by atoms with Crippen LogP contribution in [0.25, 0.3) is 10.9 Å². The zero-order valence-corrected chi connectivity index (χ0v) is 10.8. The summed E-state index contributed by atoms with van der Waals surface area (Å²) in [6.45, 7) is 4.13. The first-order valence-corrected chi connectivity index (χ1v) is 6.61. The fourth-order valence-corrected chi connectivity index (χ4v) is 2.73. The minimum absolute atomic E-state index is 0.284. The number of para-hydroxylation sites is 1. The number of anilines is 1. The molecular weight excluding hydrogens is 222 g/mol. The van der Waals surface area contributed by atoms with E-state index in [1.807, 2.05) is 6.07 Å². The van der Waals surface area contributed by atoms with Crippen LogP contribution in [0.5, 0.6) is 0 Å². The molecule has 1 aliphatic rings. The number of pyridine rings is 1. The van der Waals surface area contributed by atoms with Gasteiger partial charge >= 0.3 is 0 Å². The van der Waals surface area contributed by atoms with Gasteiger partial charge in [0.1, 0.15) is 5.82 Å². The summed E-state index contributed by atoms with van der Waals surface area (Å²) in [7, 11) is 0. The van der Waals surface area contributed by atoms with Crippen molar-refractivity contribution in [1.82, 2.24) is 4.98 Å². The lowest BCUT2D eigenvalue weighted by atomic mass is 10.1. The molecule has 0 bridgehead atoms. The summed E-state index contributed by atoms with van der Waals surface area (Å²) in [5.74, 6) is 1.10. The summed E-state index contributed by atoms with van der Waals surface area (Å²) in [5.41, 5.74) is 8.36. The van der Waals surface area contributed by atoms with Gasteiger partial charge in [-0.25, -0.2) is 4.98 Å². The number of aryl methyl sites for hydroxylation is 1. The first-order chi connectivity index (χ1) is 8.74. The maximum Gasteiger partial charge on any atom is 0.132 e. The van der Waals surface area contributed by atoms with Gasteiger partial charge in [-0.15, -0.1) is 0 Å². The Morgan fingerprint density at radius 1 is 1.33 bits per heavy atom. The van der Waals surface area contributed by atoms with E-state index < -0.39 is 0 Å². The molecule has 3 rings (SSSR count). The van der Waals surface area contributed by atoms with E-state index >= 15 is 0 Å². The molecule has 1 saturated heterocycles. The molecule has 2 aromatic rings. The zero-order chi connectivity index (χ0) is 12.5. The highest BCUT2D eigenvalue weighted by Gasteiger charge is 2.19. The van der Waals surface area contributed by atoms with Crippen LogP contribution < -0.4 is 10.6 Å². The number of hydrogen-bond acceptors (Lipinski definition) is 3. The number of nitrogens with two attached hydrogens (primary N) is 1. The molecule has 2 N–H and O–H groups in total. The van der Waals surface area contributed by atoms with E-state index in [9.17, 15) is 0 Å². The molecule has 1 atom stereocenters. The van der Waals surface area contributed by atoms with Crippen molar-refractivity contribution in [2.45, 2.75) is 25.8 Å². The Morgan fingerprint density at radius 3 is 3.00 bits per heavy atom. The minimum atomic E-state index is 0.284. The van der Waals surface area contributed by atoms with Gasteiger partial charge in [0, 0.05) is 24.5 Å². The van der Waals surface area contributed by atoms with Gasteiger partial charge in [0.15, 0.2) is 0 Å². The monoisotopic (exact) mass is 241 g/mol. The van der Waals surface area contributed by atoms with E-state index in [2.05, 4.69) is 36.1 Å².